The van der Waals surface area contributed by atoms with Crippen LogP contribution in [0.1, 0.15) is 18.0 Å². The molecule has 1 aromatic rings. The van der Waals surface area contributed by atoms with Gasteiger partial charge in [0, 0.05) is 12.6 Å². The lowest BCUT2D eigenvalue weighted by Gasteiger charge is -2.15. The van der Waals surface area contributed by atoms with Gasteiger partial charge in [-0.2, -0.15) is 0 Å². The monoisotopic (exact) mass is 242 g/mol. The van der Waals surface area contributed by atoms with Crippen LogP contribution in [0.5, 0.6) is 0 Å². The molecule has 4 heteroatoms. The predicted molar refractivity (Wildman–Crippen MR) is 69.4 cm³/mol. The highest BCUT2D eigenvalue weighted by Crippen LogP contribution is 2.14. The first-order chi connectivity index (χ1) is 7.38. The smallest absolute Gasteiger partial charge is 0.0644 e. The molecule has 1 unspecified atom stereocenters. The summed E-state index contributed by atoms with van der Waals surface area (Å²) in [5.41, 5.74) is 3.97. The highest BCUT2D eigenvalue weighted by atomic mass is 35.5. The zero-order chi connectivity index (χ0) is 10.9. The topological polar surface area (TPSA) is 47.3 Å². The highest BCUT2D eigenvalue weighted by Gasteiger charge is 2.07. The summed E-state index contributed by atoms with van der Waals surface area (Å²) in [7, 11) is 0. The Morgan fingerprint density at radius 3 is 2.62 bits per heavy atom. The third-order valence-electron chi connectivity index (χ3n) is 2.19. The van der Waals surface area contributed by atoms with E-state index >= 15 is 0 Å². The molecule has 0 aromatic heterocycles. The average molecular weight is 243 g/mol. The number of nitrogens with two attached hydrogens (primary N) is 1. The number of benzene rings is 1. The molecule has 90 valence electrons. The van der Waals surface area contributed by atoms with Gasteiger partial charge in [-0.15, -0.1) is 19.0 Å². The van der Waals surface area contributed by atoms with Gasteiger partial charge in [0.05, 0.1) is 6.61 Å². The number of halogens is 1. The molecule has 3 nitrogen and oxygen atoms in total. The summed E-state index contributed by atoms with van der Waals surface area (Å²) < 4.78 is 5.32. The molecule has 0 aliphatic heterocycles. The first-order valence-electron chi connectivity index (χ1n) is 5.08. The molecule has 3 N–H and O–H groups in total. The van der Waals surface area contributed by atoms with E-state index in [-0.39, 0.29) is 18.4 Å². The molecular formula is C12H19ClN2O. The van der Waals surface area contributed by atoms with Crippen LogP contribution in [0, 0.1) is 0 Å². The first-order valence-corrected chi connectivity index (χ1v) is 5.08. The lowest BCUT2D eigenvalue weighted by Crippen LogP contribution is -2.28. The van der Waals surface area contributed by atoms with Crippen molar-refractivity contribution in [1.82, 2.24) is 5.43 Å². The molecular weight excluding hydrogens is 224 g/mol. The number of ether oxygens (including phenoxy) is 1. The summed E-state index contributed by atoms with van der Waals surface area (Å²) >= 11 is 0. The van der Waals surface area contributed by atoms with Crippen LogP contribution in [0.3, 0.4) is 0 Å². The maximum atomic E-state index is 5.49. The fraction of sp³-hybridized carbons (Fsp3) is 0.333. The number of hydrazine groups is 1. The van der Waals surface area contributed by atoms with Crippen molar-refractivity contribution in [3.8, 4) is 0 Å². The number of hydrogen-bond acceptors (Lipinski definition) is 3. The van der Waals surface area contributed by atoms with E-state index in [4.69, 9.17) is 10.6 Å². The van der Waals surface area contributed by atoms with Crippen molar-refractivity contribution in [3.05, 3.63) is 48.6 Å². The summed E-state index contributed by atoms with van der Waals surface area (Å²) in [6, 6.07) is 10.3. The summed E-state index contributed by atoms with van der Waals surface area (Å²) in [6.07, 6.45) is 2.60. The number of nitrogens with one attached hydrogen (secondary N) is 1. The zero-order valence-corrected chi connectivity index (χ0v) is 10.1. The van der Waals surface area contributed by atoms with Crippen molar-refractivity contribution < 1.29 is 4.74 Å². The fourth-order valence-electron chi connectivity index (χ4n) is 1.40. The summed E-state index contributed by atoms with van der Waals surface area (Å²) in [5.74, 6) is 5.49. The van der Waals surface area contributed by atoms with Gasteiger partial charge in [-0.25, -0.2) is 0 Å². The van der Waals surface area contributed by atoms with Crippen LogP contribution in [-0.4, -0.2) is 13.2 Å². The molecule has 0 fully saturated rings. The highest BCUT2D eigenvalue weighted by molar-refractivity contribution is 5.85. The van der Waals surface area contributed by atoms with Gasteiger partial charge in [-0.1, -0.05) is 36.4 Å². The second-order valence-electron chi connectivity index (χ2n) is 3.28. The van der Waals surface area contributed by atoms with E-state index in [9.17, 15) is 0 Å². The minimum Gasteiger partial charge on any atom is -0.377 e. The van der Waals surface area contributed by atoms with Crippen LogP contribution in [-0.2, 0) is 4.74 Å². The predicted octanol–water partition coefficient (Wildman–Crippen LogP) is 2.21. The van der Waals surface area contributed by atoms with Gasteiger partial charge in [0.1, 0.15) is 0 Å². The van der Waals surface area contributed by atoms with Crippen molar-refractivity contribution in [2.24, 2.45) is 5.84 Å². The van der Waals surface area contributed by atoms with Crippen molar-refractivity contribution in [2.45, 2.75) is 12.5 Å². The molecule has 0 aliphatic rings. The fourth-order valence-corrected chi connectivity index (χ4v) is 1.40. The Labute approximate surface area is 103 Å². The Kier molecular flexibility index (Phi) is 8.85. The Morgan fingerprint density at radius 2 is 2.06 bits per heavy atom. The molecule has 1 aromatic carbocycles. The van der Waals surface area contributed by atoms with E-state index in [1.54, 1.807) is 6.08 Å². The van der Waals surface area contributed by atoms with Gasteiger partial charge >= 0.3 is 0 Å². The summed E-state index contributed by atoms with van der Waals surface area (Å²) in [4.78, 5) is 0. The van der Waals surface area contributed by atoms with Crippen LogP contribution in [0.2, 0.25) is 0 Å². The molecule has 0 saturated heterocycles. The molecule has 0 aliphatic carbocycles. The van der Waals surface area contributed by atoms with Crippen LogP contribution in [0.15, 0.2) is 43.0 Å². The van der Waals surface area contributed by atoms with Gasteiger partial charge in [-0.3, -0.25) is 11.3 Å². The summed E-state index contributed by atoms with van der Waals surface area (Å²) in [6.45, 7) is 4.86. The molecule has 16 heavy (non-hydrogen) atoms. The van der Waals surface area contributed by atoms with E-state index in [1.807, 2.05) is 18.2 Å². The molecule has 1 atom stereocenters. The van der Waals surface area contributed by atoms with Crippen LogP contribution < -0.4 is 11.3 Å². The molecule has 0 heterocycles. The molecule has 0 saturated carbocycles. The lowest BCUT2D eigenvalue weighted by atomic mass is 10.1. The first kappa shape index (κ1) is 15.1. The maximum Gasteiger partial charge on any atom is 0.0644 e. The van der Waals surface area contributed by atoms with Crippen molar-refractivity contribution in [2.75, 3.05) is 13.2 Å². The van der Waals surface area contributed by atoms with E-state index in [0.29, 0.717) is 13.2 Å². The van der Waals surface area contributed by atoms with Crippen molar-refractivity contribution in [1.29, 1.82) is 0 Å². The minimum atomic E-state index is 0. The Hall–Kier alpha value is -0.870. The summed E-state index contributed by atoms with van der Waals surface area (Å²) in [5, 5.41) is 0. The van der Waals surface area contributed by atoms with Crippen LogP contribution in [0.25, 0.3) is 0 Å². The Morgan fingerprint density at radius 1 is 1.38 bits per heavy atom. The van der Waals surface area contributed by atoms with Crippen molar-refractivity contribution in [3.63, 3.8) is 0 Å². The lowest BCUT2D eigenvalue weighted by molar-refractivity contribution is 0.150. The van der Waals surface area contributed by atoms with E-state index in [0.717, 1.165) is 6.42 Å². The standard InChI is InChI=1S/C12H18N2O.ClH/c1-2-9-15-10-8-12(14-13)11-6-4-3-5-7-11;/h2-7,12,14H,1,8-10,13H2;1H. The van der Waals surface area contributed by atoms with Gasteiger partial charge in [0.15, 0.2) is 0 Å². The van der Waals surface area contributed by atoms with E-state index < -0.39 is 0 Å². The Bertz CT molecular complexity index is 280. The molecule has 1 rings (SSSR count). The quantitative estimate of drug-likeness (QED) is 0.334. The van der Waals surface area contributed by atoms with Crippen LogP contribution in [0.4, 0.5) is 0 Å². The van der Waals surface area contributed by atoms with E-state index in [1.165, 1.54) is 5.56 Å². The van der Waals surface area contributed by atoms with Gasteiger partial charge < -0.3 is 4.74 Å². The Balaban J connectivity index is 0.00000225. The second kappa shape index (κ2) is 9.36. The van der Waals surface area contributed by atoms with Crippen molar-refractivity contribution >= 4 is 12.4 Å². The molecule has 0 spiro atoms. The molecule has 0 bridgehead atoms. The largest absolute Gasteiger partial charge is 0.377 e. The third-order valence-corrected chi connectivity index (χ3v) is 2.19. The van der Waals surface area contributed by atoms with E-state index in [2.05, 4.69) is 24.1 Å². The second-order valence-corrected chi connectivity index (χ2v) is 3.28. The zero-order valence-electron chi connectivity index (χ0n) is 9.26. The SMILES string of the molecule is C=CCOCCC(NN)c1ccccc1.Cl. The van der Waals surface area contributed by atoms with Gasteiger partial charge in [0.2, 0.25) is 0 Å². The molecule has 0 radical (unpaired) electrons. The average Bonchev–Trinajstić information content (AvgIpc) is 2.30. The van der Waals surface area contributed by atoms with Gasteiger partial charge in [-0.05, 0) is 12.0 Å². The number of hydrogen-bond donors (Lipinski definition) is 2. The third kappa shape index (κ3) is 5.28. The van der Waals surface area contributed by atoms with Gasteiger partial charge in [0.25, 0.3) is 0 Å². The number of rotatable bonds is 7. The normalized spacial score (nSPS) is 11.6. The maximum absolute atomic E-state index is 5.49. The van der Waals surface area contributed by atoms with Crippen LogP contribution >= 0.6 is 12.4 Å². The molecule has 0 amide bonds. The minimum absolute atomic E-state index is 0.